The Morgan fingerprint density at radius 3 is 2.73 bits per heavy atom. The molecule has 3 rings (SSSR count). The van der Waals surface area contributed by atoms with Crippen LogP contribution in [0.2, 0.25) is 5.02 Å². The van der Waals surface area contributed by atoms with Crippen LogP contribution in [-0.4, -0.2) is 16.5 Å². The number of halogens is 1. The first kappa shape index (κ1) is 14.6. The lowest BCUT2D eigenvalue weighted by molar-refractivity contribution is -0.481. The average Bonchev–Trinajstić information content (AvgIpc) is 2.88. The summed E-state index contributed by atoms with van der Waals surface area (Å²) in [5.41, 5.74) is 3.86. The number of H-pyrrole nitrogens is 1. The molecule has 2 aromatic carbocycles. The van der Waals surface area contributed by atoms with Crippen molar-refractivity contribution in [3.63, 3.8) is 0 Å². The van der Waals surface area contributed by atoms with Crippen LogP contribution in [0.15, 0.2) is 48.7 Å². The van der Waals surface area contributed by atoms with E-state index in [0.29, 0.717) is 5.02 Å². The third-order valence-corrected chi connectivity index (χ3v) is 4.18. The number of benzene rings is 2. The van der Waals surface area contributed by atoms with Crippen molar-refractivity contribution in [2.75, 3.05) is 6.54 Å². The Morgan fingerprint density at radius 1 is 1.23 bits per heavy atom. The van der Waals surface area contributed by atoms with Gasteiger partial charge >= 0.3 is 0 Å². The molecule has 5 heteroatoms. The molecule has 0 fully saturated rings. The van der Waals surface area contributed by atoms with Crippen molar-refractivity contribution in [2.24, 2.45) is 0 Å². The zero-order valence-corrected chi connectivity index (χ0v) is 12.8. The summed E-state index contributed by atoms with van der Waals surface area (Å²) in [6.45, 7) is 1.84. The van der Waals surface area contributed by atoms with Crippen LogP contribution in [0.25, 0.3) is 10.9 Å². The average molecular weight is 315 g/mol. The number of nitrogens with one attached hydrogen (secondary N) is 1. The van der Waals surface area contributed by atoms with Crippen LogP contribution < -0.4 is 0 Å². The molecule has 0 radical (unpaired) electrons. The molecule has 22 heavy (non-hydrogen) atoms. The highest BCUT2D eigenvalue weighted by Gasteiger charge is 2.24. The molecule has 0 saturated carbocycles. The molecule has 1 atom stereocenters. The Hall–Kier alpha value is -2.33. The lowest BCUT2D eigenvalue weighted by atomic mass is 9.88. The molecule has 0 aliphatic heterocycles. The minimum atomic E-state index is -0.286. The normalized spacial score (nSPS) is 12.5. The van der Waals surface area contributed by atoms with Crippen molar-refractivity contribution < 1.29 is 4.92 Å². The Kier molecular flexibility index (Phi) is 3.86. The van der Waals surface area contributed by atoms with Crippen molar-refractivity contribution in [3.8, 4) is 0 Å². The SMILES string of the molecule is Cc1ccccc1C(C[N+](=O)[O-])c1c[nH]c2cc(Cl)ccc12. The van der Waals surface area contributed by atoms with Crippen LogP contribution in [0.5, 0.6) is 0 Å². The minimum Gasteiger partial charge on any atom is -0.361 e. The molecule has 0 spiro atoms. The van der Waals surface area contributed by atoms with Gasteiger partial charge in [-0.15, -0.1) is 0 Å². The Balaban J connectivity index is 2.16. The van der Waals surface area contributed by atoms with Crippen molar-refractivity contribution in [1.82, 2.24) is 4.98 Å². The van der Waals surface area contributed by atoms with Crippen molar-refractivity contribution in [2.45, 2.75) is 12.8 Å². The number of hydrogen-bond donors (Lipinski definition) is 1. The van der Waals surface area contributed by atoms with E-state index in [9.17, 15) is 10.1 Å². The van der Waals surface area contributed by atoms with Gasteiger partial charge in [-0.3, -0.25) is 10.1 Å². The molecule has 0 aliphatic carbocycles. The standard InChI is InChI=1S/C17H15ClN2O2/c1-11-4-2-3-5-13(11)16(10-20(21)22)15-9-19-17-8-12(18)6-7-14(15)17/h2-9,16,19H,10H2,1H3. The summed E-state index contributed by atoms with van der Waals surface area (Å²) in [6.07, 6.45) is 1.85. The molecule has 1 heterocycles. The Morgan fingerprint density at radius 2 is 2.00 bits per heavy atom. The van der Waals surface area contributed by atoms with Crippen LogP contribution in [0, 0.1) is 17.0 Å². The van der Waals surface area contributed by atoms with Crippen LogP contribution in [0.1, 0.15) is 22.6 Å². The van der Waals surface area contributed by atoms with E-state index in [1.807, 2.05) is 55.6 Å². The van der Waals surface area contributed by atoms with E-state index in [2.05, 4.69) is 4.98 Å². The largest absolute Gasteiger partial charge is 0.361 e. The summed E-state index contributed by atoms with van der Waals surface area (Å²) in [6, 6.07) is 13.3. The highest BCUT2D eigenvalue weighted by Crippen LogP contribution is 2.33. The molecular formula is C17H15ClN2O2. The summed E-state index contributed by atoms with van der Waals surface area (Å²) in [5.74, 6) is -0.286. The van der Waals surface area contributed by atoms with E-state index >= 15 is 0 Å². The number of aromatic nitrogens is 1. The van der Waals surface area contributed by atoms with Gasteiger partial charge < -0.3 is 4.98 Å². The molecule has 0 bridgehead atoms. The van der Waals surface area contributed by atoms with E-state index in [1.165, 1.54) is 0 Å². The Bertz CT molecular complexity index is 842. The number of aromatic amines is 1. The van der Waals surface area contributed by atoms with Crippen molar-refractivity contribution in [3.05, 3.63) is 80.5 Å². The summed E-state index contributed by atoms with van der Waals surface area (Å²) >= 11 is 6.01. The van der Waals surface area contributed by atoms with Gasteiger partial charge in [0.15, 0.2) is 0 Å². The smallest absolute Gasteiger partial charge is 0.214 e. The van der Waals surface area contributed by atoms with Gasteiger partial charge in [-0.25, -0.2) is 0 Å². The summed E-state index contributed by atoms with van der Waals surface area (Å²) in [4.78, 5) is 14.1. The van der Waals surface area contributed by atoms with E-state index in [0.717, 1.165) is 27.6 Å². The van der Waals surface area contributed by atoms with Crippen molar-refractivity contribution >= 4 is 22.5 Å². The molecule has 3 aromatic rings. The van der Waals surface area contributed by atoms with Crippen LogP contribution in [-0.2, 0) is 0 Å². The molecule has 1 aromatic heterocycles. The maximum atomic E-state index is 11.2. The van der Waals surface area contributed by atoms with E-state index in [-0.39, 0.29) is 17.4 Å². The highest BCUT2D eigenvalue weighted by atomic mass is 35.5. The molecule has 0 amide bonds. The predicted octanol–water partition coefficient (Wildman–Crippen LogP) is 4.54. The van der Waals surface area contributed by atoms with Crippen LogP contribution >= 0.6 is 11.6 Å². The predicted molar refractivity (Wildman–Crippen MR) is 88.2 cm³/mol. The second kappa shape index (κ2) is 5.81. The summed E-state index contributed by atoms with van der Waals surface area (Å²) < 4.78 is 0. The van der Waals surface area contributed by atoms with Gasteiger partial charge in [-0.1, -0.05) is 41.9 Å². The van der Waals surface area contributed by atoms with Gasteiger partial charge in [0.1, 0.15) is 0 Å². The number of nitrogens with zero attached hydrogens (tertiary/aromatic N) is 1. The zero-order valence-electron chi connectivity index (χ0n) is 12.0. The van der Waals surface area contributed by atoms with Crippen LogP contribution in [0.4, 0.5) is 0 Å². The van der Waals surface area contributed by atoms with E-state index in [4.69, 9.17) is 11.6 Å². The lowest BCUT2D eigenvalue weighted by Crippen LogP contribution is -2.14. The minimum absolute atomic E-state index is 0.138. The van der Waals surface area contributed by atoms with Gasteiger partial charge in [-0.05, 0) is 35.7 Å². The molecule has 112 valence electrons. The third-order valence-electron chi connectivity index (χ3n) is 3.95. The van der Waals surface area contributed by atoms with E-state index < -0.39 is 0 Å². The second-order valence-corrected chi connectivity index (χ2v) is 5.79. The van der Waals surface area contributed by atoms with Gasteiger partial charge in [-0.2, -0.15) is 0 Å². The first-order chi connectivity index (χ1) is 10.6. The van der Waals surface area contributed by atoms with E-state index in [1.54, 1.807) is 0 Å². The van der Waals surface area contributed by atoms with Gasteiger partial charge in [0.05, 0.1) is 5.92 Å². The number of rotatable bonds is 4. The third kappa shape index (κ3) is 2.70. The maximum Gasteiger partial charge on any atom is 0.214 e. The van der Waals surface area contributed by atoms with Crippen molar-refractivity contribution in [1.29, 1.82) is 0 Å². The summed E-state index contributed by atoms with van der Waals surface area (Å²) in [5, 5.41) is 12.8. The van der Waals surface area contributed by atoms with Gasteiger partial charge in [0.2, 0.25) is 6.54 Å². The number of aryl methyl sites for hydroxylation is 1. The maximum absolute atomic E-state index is 11.2. The molecule has 1 unspecified atom stereocenters. The quantitative estimate of drug-likeness (QED) is 0.568. The molecule has 4 nitrogen and oxygen atoms in total. The second-order valence-electron chi connectivity index (χ2n) is 5.36. The molecule has 1 N–H and O–H groups in total. The molecule has 0 saturated heterocycles. The van der Waals surface area contributed by atoms with Gasteiger partial charge in [0, 0.05) is 27.0 Å². The fourth-order valence-corrected chi connectivity index (χ4v) is 3.07. The number of nitro groups is 1. The topological polar surface area (TPSA) is 58.9 Å². The number of hydrogen-bond acceptors (Lipinski definition) is 2. The van der Waals surface area contributed by atoms with Crippen LogP contribution in [0.3, 0.4) is 0 Å². The van der Waals surface area contributed by atoms with Gasteiger partial charge in [0.25, 0.3) is 0 Å². The summed E-state index contributed by atoms with van der Waals surface area (Å²) in [7, 11) is 0. The Labute approximate surface area is 132 Å². The molecular weight excluding hydrogens is 300 g/mol. The monoisotopic (exact) mass is 314 g/mol. The fourth-order valence-electron chi connectivity index (χ4n) is 2.90. The first-order valence-electron chi connectivity index (χ1n) is 7.00. The molecule has 0 aliphatic rings. The zero-order chi connectivity index (χ0) is 15.7. The highest BCUT2D eigenvalue weighted by molar-refractivity contribution is 6.31. The fraction of sp³-hybridized carbons (Fsp3) is 0.176. The first-order valence-corrected chi connectivity index (χ1v) is 7.38. The lowest BCUT2D eigenvalue weighted by Gasteiger charge is -2.15. The number of fused-ring (bicyclic) bond motifs is 1.